The fourth-order valence-electron chi connectivity index (χ4n) is 3.96. The first-order valence-electron chi connectivity index (χ1n) is 13.5. The van der Waals surface area contributed by atoms with E-state index in [0.717, 1.165) is 19.4 Å². The number of nitrogens with one attached hydrogen (secondary N) is 1. The van der Waals surface area contributed by atoms with Crippen molar-refractivity contribution in [3.8, 4) is 0 Å². The molecular weight excluding hydrogens is 416 g/mol. The van der Waals surface area contributed by atoms with Gasteiger partial charge in [-0.3, -0.25) is 14.4 Å². The molecule has 0 aromatic heterocycles. The Morgan fingerprint density at radius 2 is 1.06 bits per heavy atom. The highest BCUT2D eigenvalue weighted by Gasteiger charge is 2.20. The van der Waals surface area contributed by atoms with Gasteiger partial charge in [0, 0.05) is 12.8 Å². The number of primary amides is 1. The van der Waals surface area contributed by atoms with E-state index < -0.39 is 23.9 Å². The number of amides is 2. The lowest BCUT2D eigenvalue weighted by Gasteiger charge is -2.16. The summed E-state index contributed by atoms with van der Waals surface area (Å²) in [6.45, 7) is 2.37. The molecule has 0 aliphatic rings. The molecule has 194 valence electrons. The highest BCUT2D eigenvalue weighted by molar-refractivity contribution is 5.89. The van der Waals surface area contributed by atoms with Crippen LogP contribution in [-0.4, -0.2) is 36.2 Å². The van der Waals surface area contributed by atoms with E-state index in [-0.39, 0.29) is 18.6 Å². The van der Waals surface area contributed by atoms with Crippen LogP contribution in [0.15, 0.2) is 0 Å². The molecule has 0 unspecified atom stereocenters. The lowest BCUT2D eigenvalue weighted by molar-refractivity contribution is -0.128. The SMILES string of the molecule is C[C@H](N)C(=O)N[C@H](CCC(=O)CCCCCCCCCCCCCCCCCCN)C(N)=O. The first kappa shape index (κ1) is 31.5. The highest BCUT2D eigenvalue weighted by Crippen LogP contribution is 2.14. The number of carbonyl (C=O) groups is 3. The summed E-state index contributed by atoms with van der Waals surface area (Å²) < 4.78 is 0. The Kier molecular flexibility index (Phi) is 21.3. The van der Waals surface area contributed by atoms with Gasteiger partial charge >= 0.3 is 0 Å². The number of hydrogen-bond acceptors (Lipinski definition) is 5. The average Bonchev–Trinajstić information content (AvgIpc) is 2.78. The molecule has 0 saturated carbocycles. The van der Waals surface area contributed by atoms with Crippen molar-refractivity contribution in [3.63, 3.8) is 0 Å². The zero-order chi connectivity index (χ0) is 24.7. The van der Waals surface area contributed by atoms with Crippen molar-refractivity contribution in [3.05, 3.63) is 0 Å². The maximum atomic E-state index is 12.1. The van der Waals surface area contributed by atoms with Gasteiger partial charge in [0.2, 0.25) is 11.8 Å². The molecule has 0 saturated heterocycles. The zero-order valence-electron chi connectivity index (χ0n) is 21.3. The first-order chi connectivity index (χ1) is 15.9. The summed E-state index contributed by atoms with van der Waals surface area (Å²) in [5.41, 5.74) is 16.3. The number of hydrogen-bond donors (Lipinski definition) is 4. The number of Topliss-reactive ketones (excluding diaryl/α,β-unsaturated/α-hetero) is 1. The normalized spacial score (nSPS) is 12.9. The maximum absolute atomic E-state index is 12.1. The van der Waals surface area contributed by atoms with E-state index in [1.807, 2.05) is 0 Å². The molecule has 0 spiro atoms. The van der Waals surface area contributed by atoms with Gasteiger partial charge in [-0.05, 0) is 32.7 Å². The van der Waals surface area contributed by atoms with Gasteiger partial charge in [-0.1, -0.05) is 89.9 Å². The van der Waals surface area contributed by atoms with Crippen molar-refractivity contribution in [2.45, 2.75) is 141 Å². The van der Waals surface area contributed by atoms with Crippen molar-refractivity contribution in [2.75, 3.05) is 6.54 Å². The topological polar surface area (TPSA) is 141 Å². The molecule has 0 aliphatic carbocycles. The fraction of sp³-hybridized carbons (Fsp3) is 0.885. The third-order valence-electron chi connectivity index (χ3n) is 6.20. The largest absolute Gasteiger partial charge is 0.368 e. The minimum Gasteiger partial charge on any atom is -0.368 e. The molecular formula is C26H52N4O3. The fourth-order valence-corrected chi connectivity index (χ4v) is 3.96. The Morgan fingerprint density at radius 3 is 1.42 bits per heavy atom. The lowest BCUT2D eigenvalue weighted by atomic mass is 10.0. The summed E-state index contributed by atoms with van der Waals surface area (Å²) in [6, 6.07) is -1.55. The molecule has 7 nitrogen and oxygen atoms in total. The molecule has 0 rings (SSSR count). The van der Waals surface area contributed by atoms with E-state index in [2.05, 4.69) is 5.32 Å². The summed E-state index contributed by atoms with van der Waals surface area (Å²) in [4.78, 5) is 35.1. The minimum atomic E-state index is -0.834. The van der Waals surface area contributed by atoms with Gasteiger partial charge in [0.15, 0.2) is 0 Å². The number of rotatable bonds is 24. The van der Waals surface area contributed by atoms with E-state index in [9.17, 15) is 14.4 Å². The van der Waals surface area contributed by atoms with E-state index in [1.165, 1.54) is 96.8 Å². The van der Waals surface area contributed by atoms with Crippen LogP contribution >= 0.6 is 0 Å². The van der Waals surface area contributed by atoms with E-state index in [4.69, 9.17) is 17.2 Å². The van der Waals surface area contributed by atoms with E-state index >= 15 is 0 Å². The van der Waals surface area contributed by atoms with Crippen LogP contribution in [0.25, 0.3) is 0 Å². The molecule has 0 radical (unpaired) electrons. The molecule has 0 fully saturated rings. The van der Waals surface area contributed by atoms with Crippen LogP contribution in [0.3, 0.4) is 0 Å². The standard InChI is InChI=1S/C26H52N4O3/c1-22(28)26(33)30-24(25(29)32)20-19-23(31)18-16-14-12-10-8-6-4-2-3-5-7-9-11-13-15-17-21-27/h22,24H,2-21,27-28H2,1H3,(H2,29,32)(H,30,33)/t22-,24+/m0/s1. The molecule has 33 heavy (non-hydrogen) atoms. The molecule has 2 amide bonds. The van der Waals surface area contributed by atoms with Crippen LogP contribution < -0.4 is 22.5 Å². The molecule has 2 atom stereocenters. The summed E-state index contributed by atoms with van der Waals surface area (Å²) in [7, 11) is 0. The zero-order valence-corrected chi connectivity index (χ0v) is 21.3. The monoisotopic (exact) mass is 468 g/mol. The molecule has 0 bridgehead atoms. The summed E-state index contributed by atoms with van der Waals surface area (Å²) in [5, 5.41) is 2.50. The van der Waals surface area contributed by atoms with Crippen molar-refractivity contribution in [2.24, 2.45) is 17.2 Å². The van der Waals surface area contributed by atoms with Gasteiger partial charge in [-0.2, -0.15) is 0 Å². The Balaban J connectivity index is 3.48. The maximum Gasteiger partial charge on any atom is 0.240 e. The molecule has 7 N–H and O–H groups in total. The van der Waals surface area contributed by atoms with Gasteiger partial charge in [0.1, 0.15) is 11.8 Å². The highest BCUT2D eigenvalue weighted by atomic mass is 16.2. The lowest BCUT2D eigenvalue weighted by Crippen LogP contribution is -2.49. The Morgan fingerprint density at radius 1 is 0.667 bits per heavy atom. The molecule has 7 heteroatoms. The van der Waals surface area contributed by atoms with E-state index in [0.29, 0.717) is 6.42 Å². The van der Waals surface area contributed by atoms with Crippen molar-refractivity contribution in [1.29, 1.82) is 0 Å². The smallest absolute Gasteiger partial charge is 0.240 e. The van der Waals surface area contributed by atoms with Crippen LogP contribution in [0.5, 0.6) is 0 Å². The summed E-state index contributed by atoms with van der Waals surface area (Å²) in [5.74, 6) is -0.950. The van der Waals surface area contributed by atoms with Crippen LogP contribution in [0, 0.1) is 0 Å². The van der Waals surface area contributed by atoms with Crippen molar-refractivity contribution < 1.29 is 14.4 Å². The molecule has 0 aromatic carbocycles. The quantitative estimate of drug-likeness (QED) is 0.157. The predicted molar refractivity (Wildman–Crippen MR) is 137 cm³/mol. The third kappa shape index (κ3) is 20.8. The second-order valence-electron chi connectivity index (χ2n) is 9.53. The van der Waals surface area contributed by atoms with Crippen molar-refractivity contribution >= 4 is 17.6 Å². The summed E-state index contributed by atoms with van der Waals surface area (Å²) in [6.07, 6.45) is 21.4. The molecule has 0 heterocycles. The van der Waals surface area contributed by atoms with Crippen LogP contribution in [0.4, 0.5) is 0 Å². The third-order valence-corrected chi connectivity index (χ3v) is 6.20. The van der Waals surface area contributed by atoms with Gasteiger partial charge in [-0.25, -0.2) is 0 Å². The number of carbonyl (C=O) groups excluding carboxylic acids is 3. The molecule has 0 aromatic rings. The second-order valence-corrected chi connectivity index (χ2v) is 9.53. The first-order valence-corrected chi connectivity index (χ1v) is 13.5. The molecule has 0 aliphatic heterocycles. The van der Waals surface area contributed by atoms with Crippen LogP contribution in [0.2, 0.25) is 0 Å². The van der Waals surface area contributed by atoms with E-state index in [1.54, 1.807) is 0 Å². The Labute approximate surface area is 202 Å². The van der Waals surface area contributed by atoms with Gasteiger partial charge < -0.3 is 22.5 Å². The van der Waals surface area contributed by atoms with Gasteiger partial charge in [-0.15, -0.1) is 0 Å². The van der Waals surface area contributed by atoms with Gasteiger partial charge in [0.25, 0.3) is 0 Å². The minimum absolute atomic E-state index is 0.117. The van der Waals surface area contributed by atoms with Crippen LogP contribution in [0.1, 0.15) is 129 Å². The van der Waals surface area contributed by atoms with Crippen molar-refractivity contribution in [1.82, 2.24) is 5.32 Å². The second kappa shape index (κ2) is 22.3. The summed E-state index contributed by atoms with van der Waals surface area (Å²) >= 11 is 0. The number of unbranched alkanes of at least 4 members (excludes halogenated alkanes) is 15. The number of nitrogens with two attached hydrogens (primary N) is 3. The predicted octanol–water partition coefficient (Wildman–Crippen LogP) is 4.24. The number of ketones is 1. The Bertz CT molecular complexity index is 512. The van der Waals surface area contributed by atoms with Crippen LogP contribution in [-0.2, 0) is 14.4 Å². The average molecular weight is 469 g/mol. The Hall–Kier alpha value is -1.47. The van der Waals surface area contributed by atoms with Gasteiger partial charge in [0.05, 0.1) is 6.04 Å².